The van der Waals surface area contributed by atoms with Gasteiger partial charge >= 0.3 is 0 Å². The Morgan fingerprint density at radius 1 is 1.07 bits per heavy atom. The number of rotatable bonds is 8. The van der Waals surface area contributed by atoms with E-state index in [4.69, 9.17) is 4.98 Å². The molecule has 4 nitrogen and oxygen atoms in total. The fraction of sp³-hybridized carbons (Fsp3) is 0.280. The zero-order valence-electron chi connectivity index (χ0n) is 17.5. The van der Waals surface area contributed by atoms with Gasteiger partial charge in [0.25, 0.3) is 0 Å². The number of fused-ring (bicyclic) bond motifs is 1. The van der Waals surface area contributed by atoms with Gasteiger partial charge in [-0.2, -0.15) is 0 Å². The third-order valence-electron chi connectivity index (χ3n) is 5.14. The highest BCUT2D eigenvalue weighted by Crippen LogP contribution is 2.24. The lowest BCUT2D eigenvalue weighted by atomic mass is 10.1. The van der Waals surface area contributed by atoms with Crippen LogP contribution in [-0.2, 0) is 17.8 Å². The molecule has 30 heavy (non-hydrogen) atoms. The third kappa shape index (κ3) is 4.79. The van der Waals surface area contributed by atoms with Crippen LogP contribution in [-0.4, -0.2) is 26.7 Å². The lowest BCUT2D eigenvalue weighted by Gasteiger charge is -2.24. The molecule has 0 spiro atoms. The predicted molar refractivity (Wildman–Crippen MR) is 124 cm³/mol. The van der Waals surface area contributed by atoms with Crippen molar-refractivity contribution < 1.29 is 4.79 Å². The molecular formula is C25H27N3OS. The van der Waals surface area contributed by atoms with Gasteiger partial charge in [-0.15, -0.1) is 11.3 Å². The Bertz CT molecular complexity index is 1100. The largest absolute Gasteiger partial charge is 0.338 e. The van der Waals surface area contributed by atoms with E-state index >= 15 is 0 Å². The van der Waals surface area contributed by atoms with E-state index in [1.807, 2.05) is 41.3 Å². The smallest absolute Gasteiger partial charge is 0.223 e. The molecule has 2 aromatic carbocycles. The van der Waals surface area contributed by atoms with Crippen LogP contribution >= 0.6 is 11.3 Å². The zero-order valence-corrected chi connectivity index (χ0v) is 18.3. The fourth-order valence-electron chi connectivity index (χ4n) is 3.58. The van der Waals surface area contributed by atoms with Crippen molar-refractivity contribution in [3.8, 4) is 11.3 Å². The molecule has 2 heterocycles. The van der Waals surface area contributed by atoms with Crippen LogP contribution in [0, 0.1) is 5.92 Å². The van der Waals surface area contributed by atoms with Gasteiger partial charge < -0.3 is 4.90 Å². The maximum absolute atomic E-state index is 12.9. The van der Waals surface area contributed by atoms with E-state index in [1.54, 1.807) is 11.3 Å². The SMILES string of the molecule is CC(C)CC(=O)N(CCc1csc2nc(-c3ccccc3)cn12)Cc1ccccc1. The molecule has 0 radical (unpaired) electrons. The maximum Gasteiger partial charge on any atom is 0.223 e. The first-order chi connectivity index (χ1) is 14.6. The van der Waals surface area contributed by atoms with Gasteiger partial charge in [0.1, 0.15) is 0 Å². The second-order valence-electron chi connectivity index (χ2n) is 8.02. The molecule has 5 heteroatoms. The highest BCUT2D eigenvalue weighted by molar-refractivity contribution is 7.15. The number of carbonyl (C=O) groups is 1. The van der Waals surface area contributed by atoms with Crippen LogP contribution in [0.15, 0.2) is 72.2 Å². The molecule has 0 fully saturated rings. The maximum atomic E-state index is 12.9. The van der Waals surface area contributed by atoms with Gasteiger partial charge in [0.05, 0.1) is 5.69 Å². The zero-order chi connectivity index (χ0) is 20.9. The summed E-state index contributed by atoms with van der Waals surface area (Å²) in [5.41, 5.74) is 4.47. The number of thiazole rings is 1. The molecular weight excluding hydrogens is 390 g/mol. The number of nitrogens with zero attached hydrogens (tertiary/aromatic N) is 3. The van der Waals surface area contributed by atoms with Crippen LogP contribution < -0.4 is 0 Å². The number of amides is 1. The van der Waals surface area contributed by atoms with Crippen molar-refractivity contribution in [1.82, 2.24) is 14.3 Å². The molecule has 0 saturated heterocycles. The summed E-state index contributed by atoms with van der Waals surface area (Å²) in [7, 11) is 0. The van der Waals surface area contributed by atoms with Crippen molar-refractivity contribution in [3.05, 3.63) is 83.5 Å². The molecule has 4 rings (SSSR count). The van der Waals surface area contributed by atoms with Crippen molar-refractivity contribution in [1.29, 1.82) is 0 Å². The predicted octanol–water partition coefficient (Wildman–Crippen LogP) is 5.68. The van der Waals surface area contributed by atoms with E-state index in [9.17, 15) is 4.79 Å². The van der Waals surface area contributed by atoms with Crippen molar-refractivity contribution >= 4 is 22.2 Å². The Morgan fingerprint density at radius 2 is 1.77 bits per heavy atom. The summed E-state index contributed by atoms with van der Waals surface area (Å²) >= 11 is 1.65. The number of benzene rings is 2. The molecule has 154 valence electrons. The van der Waals surface area contributed by atoms with Crippen molar-refractivity contribution in [2.75, 3.05) is 6.54 Å². The lowest BCUT2D eigenvalue weighted by molar-refractivity contribution is -0.132. The van der Waals surface area contributed by atoms with Crippen LogP contribution in [0.3, 0.4) is 0 Å². The molecule has 0 N–H and O–H groups in total. The van der Waals surface area contributed by atoms with Gasteiger partial charge in [0.2, 0.25) is 5.91 Å². The minimum Gasteiger partial charge on any atom is -0.338 e. The van der Waals surface area contributed by atoms with Gasteiger partial charge in [0, 0.05) is 48.8 Å². The fourth-order valence-corrected chi connectivity index (χ4v) is 4.49. The van der Waals surface area contributed by atoms with Crippen LogP contribution in [0.4, 0.5) is 0 Å². The quantitative estimate of drug-likeness (QED) is 0.370. The number of carbonyl (C=O) groups excluding carboxylic acids is 1. The van der Waals surface area contributed by atoms with E-state index < -0.39 is 0 Å². The van der Waals surface area contributed by atoms with Crippen LogP contribution in [0.1, 0.15) is 31.5 Å². The molecule has 0 atom stereocenters. The molecule has 0 aliphatic rings. The Balaban J connectivity index is 1.51. The second kappa shape index (κ2) is 9.26. The first-order valence-corrected chi connectivity index (χ1v) is 11.3. The summed E-state index contributed by atoms with van der Waals surface area (Å²) in [6.45, 7) is 5.54. The summed E-state index contributed by atoms with van der Waals surface area (Å²) in [5.74, 6) is 0.571. The van der Waals surface area contributed by atoms with E-state index in [2.05, 4.69) is 54.1 Å². The molecule has 0 unspecified atom stereocenters. The molecule has 1 amide bonds. The van der Waals surface area contributed by atoms with Gasteiger partial charge in [-0.05, 0) is 11.5 Å². The van der Waals surface area contributed by atoms with Gasteiger partial charge in [-0.25, -0.2) is 4.98 Å². The summed E-state index contributed by atoms with van der Waals surface area (Å²) in [6.07, 6.45) is 3.49. The van der Waals surface area contributed by atoms with E-state index in [1.165, 1.54) is 11.3 Å². The Kier molecular flexibility index (Phi) is 6.29. The summed E-state index contributed by atoms with van der Waals surface area (Å²) in [6, 6.07) is 20.5. The van der Waals surface area contributed by atoms with E-state index in [0.29, 0.717) is 25.4 Å². The molecule has 0 aliphatic heterocycles. The lowest BCUT2D eigenvalue weighted by Crippen LogP contribution is -2.33. The average molecular weight is 418 g/mol. The number of hydrogen-bond acceptors (Lipinski definition) is 3. The number of hydrogen-bond donors (Lipinski definition) is 0. The van der Waals surface area contributed by atoms with Crippen molar-refractivity contribution in [3.63, 3.8) is 0 Å². The third-order valence-corrected chi connectivity index (χ3v) is 6.03. The molecule has 0 saturated carbocycles. The minimum absolute atomic E-state index is 0.218. The topological polar surface area (TPSA) is 37.6 Å². The Labute approximate surface area is 181 Å². The number of aromatic nitrogens is 2. The van der Waals surface area contributed by atoms with Crippen LogP contribution in [0.25, 0.3) is 16.2 Å². The first-order valence-electron chi connectivity index (χ1n) is 10.4. The highest BCUT2D eigenvalue weighted by Gasteiger charge is 2.17. The average Bonchev–Trinajstić information content (AvgIpc) is 3.33. The normalized spacial score (nSPS) is 11.3. The molecule has 2 aromatic heterocycles. The van der Waals surface area contributed by atoms with Crippen molar-refractivity contribution in [2.45, 2.75) is 33.2 Å². The van der Waals surface area contributed by atoms with Crippen molar-refractivity contribution in [2.24, 2.45) is 5.92 Å². The second-order valence-corrected chi connectivity index (χ2v) is 8.86. The summed E-state index contributed by atoms with van der Waals surface area (Å²) in [5, 5.41) is 2.16. The summed E-state index contributed by atoms with van der Waals surface area (Å²) in [4.78, 5) is 20.6. The number of imidazole rings is 1. The Hall–Kier alpha value is -2.92. The minimum atomic E-state index is 0.218. The molecule has 4 aromatic rings. The molecule has 0 aliphatic carbocycles. The molecule has 0 bridgehead atoms. The monoisotopic (exact) mass is 417 g/mol. The van der Waals surface area contributed by atoms with Gasteiger partial charge in [-0.1, -0.05) is 74.5 Å². The first kappa shape index (κ1) is 20.4. The van der Waals surface area contributed by atoms with E-state index in [-0.39, 0.29) is 5.91 Å². The van der Waals surface area contributed by atoms with Gasteiger partial charge in [-0.3, -0.25) is 9.20 Å². The highest BCUT2D eigenvalue weighted by atomic mass is 32.1. The van der Waals surface area contributed by atoms with Crippen LogP contribution in [0.5, 0.6) is 0 Å². The summed E-state index contributed by atoms with van der Waals surface area (Å²) < 4.78 is 2.17. The van der Waals surface area contributed by atoms with Crippen LogP contribution in [0.2, 0.25) is 0 Å². The Morgan fingerprint density at radius 3 is 2.47 bits per heavy atom. The van der Waals surface area contributed by atoms with Gasteiger partial charge in [0.15, 0.2) is 4.96 Å². The van der Waals surface area contributed by atoms with E-state index in [0.717, 1.165) is 22.6 Å². The standard InChI is InChI=1S/C25H27N3OS/c1-19(2)15-24(29)27(16-20-9-5-3-6-10-20)14-13-22-18-30-25-26-23(17-28(22)25)21-11-7-4-8-12-21/h3-12,17-19H,13-16H2,1-2H3.